The number of unbranched alkanes of at least 4 members (excludes halogenated alkanes) is 6. The highest BCUT2D eigenvalue weighted by Crippen LogP contribution is 2.05. The van der Waals surface area contributed by atoms with Gasteiger partial charge in [0.15, 0.2) is 0 Å². The molecule has 71 valence electrons. The van der Waals surface area contributed by atoms with Gasteiger partial charge in [0.2, 0.25) is 0 Å². The van der Waals surface area contributed by atoms with Crippen LogP contribution < -0.4 is 0 Å². The first-order valence-electron chi connectivity index (χ1n) is 5.36. The molecule has 0 heteroatoms. The standard InChI is InChI=1S/C12H23/c1-3-5-7-9-11-12-10-8-6-4-2/h8,10H,1,3-7,9,11-12H2,2H3. The van der Waals surface area contributed by atoms with Crippen molar-refractivity contribution in [3.05, 3.63) is 19.1 Å². The lowest BCUT2D eigenvalue weighted by Crippen LogP contribution is -1.75. The minimum Gasteiger partial charge on any atom is -0.0885 e. The number of hydrogen-bond acceptors (Lipinski definition) is 0. The van der Waals surface area contributed by atoms with Gasteiger partial charge >= 0.3 is 0 Å². The Bertz CT molecular complexity index is 92.2. The van der Waals surface area contributed by atoms with E-state index in [1.54, 1.807) is 0 Å². The molecule has 0 aliphatic heterocycles. The van der Waals surface area contributed by atoms with Gasteiger partial charge in [0.05, 0.1) is 0 Å². The van der Waals surface area contributed by atoms with Crippen molar-refractivity contribution in [3.63, 3.8) is 0 Å². The summed E-state index contributed by atoms with van der Waals surface area (Å²) in [4.78, 5) is 0. The largest absolute Gasteiger partial charge is 0.0885 e. The molecule has 0 unspecified atom stereocenters. The minimum absolute atomic E-state index is 1.10. The Morgan fingerprint density at radius 1 is 0.917 bits per heavy atom. The van der Waals surface area contributed by atoms with Gasteiger partial charge in [-0.25, -0.2) is 0 Å². The molecule has 0 atom stereocenters. The Balaban J connectivity index is 2.90. The van der Waals surface area contributed by atoms with Crippen LogP contribution in [-0.4, -0.2) is 0 Å². The molecule has 0 nitrogen and oxygen atoms in total. The van der Waals surface area contributed by atoms with Crippen molar-refractivity contribution in [2.24, 2.45) is 0 Å². The van der Waals surface area contributed by atoms with Gasteiger partial charge in [-0.15, -0.1) is 0 Å². The Kier molecular flexibility index (Phi) is 10.5. The molecule has 0 aliphatic carbocycles. The maximum Gasteiger partial charge on any atom is -0.0351 e. The Morgan fingerprint density at radius 2 is 1.58 bits per heavy atom. The summed E-state index contributed by atoms with van der Waals surface area (Å²) >= 11 is 0. The first kappa shape index (κ1) is 11.7. The van der Waals surface area contributed by atoms with Crippen molar-refractivity contribution in [3.8, 4) is 0 Å². The van der Waals surface area contributed by atoms with E-state index in [1.165, 1.54) is 44.9 Å². The minimum atomic E-state index is 1.10. The topological polar surface area (TPSA) is 0 Å². The van der Waals surface area contributed by atoms with E-state index in [-0.39, 0.29) is 0 Å². The van der Waals surface area contributed by atoms with Crippen LogP contribution in [0.5, 0.6) is 0 Å². The maximum atomic E-state index is 3.83. The quantitative estimate of drug-likeness (QED) is 0.368. The molecule has 0 aromatic carbocycles. The number of hydrogen-bond donors (Lipinski definition) is 0. The average Bonchev–Trinajstić information content (AvgIpc) is 2.10. The van der Waals surface area contributed by atoms with Crippen molar-refractivity contribution in [1.82, 2.24) is 0 Å². The van der Waals surface area contributed by atoms with Crippen LogP contribution in [0.2, 0.25) is 0 Å². The lowest BCUT2D eigenvalue weighted by molar-refractivity contribution is 0.651. The number of allylic oxidation sites excluding steroid dienone is 2. The average molecular weight is 167 g/mol. The molecule has 0 fully saturated rings. The summed E-state index contributed by atoms with van der Waals surface area (Å²) in [5, 5.41) is 0. The highest BCUT2D eigenvalue weighted by Gasteiger charge is 1.85. The van der Waals surface area contributed by atoms with Gasteiger partial charge in [-0.3, -0.25) is 0 Å². The van der Waals surface area contributed by atoms with Crippen LogP contribution in [0.3, 0.4) is 0 Å². The molecular weight excluding hydrogens is 144 g/mol. The zero-order chi connectivity index (χ0) is 9.07. The molecule has 0 spiro atoms. The van der Waals surface area contributed by atoms with E-state index in [9.17, 15) is 0 Å². The van der Waals surface area contributed by atoms with E-state index in [2.05, 4.69) is 26.0 Å². The second-order valence-electron chi connectivity index (χ2n) is 3.32. The summed E-state index contributed by atoms with van der Waals surface area (Å²) in [6, 6.07) is 0. The van der Waals surface area contributed by atoms with E-state index >= 15 is 0 Å². The zero-order valence-electron chi connectivity index (χ0n) is 8.52. The SMILES string of the molecule is [CH2]CCCCCCC=CCCC. The molecule has 0 heterocycles. The molecule has 0 N–H and O–H groups in total. The molecule has 0 rings (SSSR count). The van der Waals surface area contributed by atoms with Crippen LogP contribution in [0, 0.1) is 6.92 Å². The predicted molar refractivity (Wildman–Crippen MR) is 57.1 cm³/mol. The third kappa shape index (κ3) is 9.74. The molecule has 0 aliphatic rings. The van der Waals surface area contributed by atoms with Gasteiger partial charge in [-0.05, 0) is 19.3 Å². The van der Waals surface area contributed by atoms with E-state index < -0.39 is 0 Å². The van der Waals surface area contributed by atoms with Crippen LogP contribution in [0.15, 0.2) is 12.2 Å². The Hall–Kier alpha value is -0.260. The highest BCUT2D eigenvalue weighted by atomic mass is 13.9. The van der Waals surface area contributed by atoms with Crippen LogP contribution >= 0.6 is 0 Å². The van der Waals surface area contributed by atoms with Crippen molar-refractivity contribution in [2.75, 3.05) is 0 Å². The van der Waals surface area contributed by atoms with Gasteiger partial charge < -0.3 is 0 Å². The molecule has 0 amide bonds. The lowest BCUT2D eigenvalue weighted by atomic mass is 10.1. The monoisotopic (exact) mass is 167 g/mol. The maximum absolute atomic E-state index is 3.83. The summed E-state index contributed by atoms with van der Waals surface area (Å²) in [6.45, 7) is 6.05. The Morgan fingerprint density at radius 3 is 2.25 bits per heavy atom. The molecule has 0 aromatic heterocycles. The van der Waals surface area contributed by atoms with E-state index in [4.69, 9.17) is 0 Å². The van der Waals surface area contributed by atoms with Crippen LogP contribution in [0.4, 0.5) is 0 Å². The van der Waals surface area contributed by atoms with Crippen molar-refractivity contribution >= 4 is 0 Å². The van der Waals surface area contributed by atoms with Crippen molar-refractivity contribution in [2.45, 2.75) is 58.3 Å². The fourth-order valence-corrected chi connectivity index (χ4v) is 1.19. The van der Waals surface area contributed by atoms with Gasteiger partial charge in [0, 0.05) is 0 Å². The van der Waals surface area contributed by atoms with Crippen LogP contribution in [0.25, 0.3) is 0 Å². The third-order valence-electron chi connectivity index (χ3n) is 1.99. The van der Waals surface area contributed by atoms with Crippen LogP contribution in [-0.2, 0) is 0 Å². The molecule has 0 bridgehead atoms. The van der Waals surface area contributed by atoms with Crippen molar-refractivity contribution in [1.29, 1.82) is 0 Å². The molecule has 0 saturated carbocycles. The first-order valence-corrected chi connectivity index (χ1v) is 5.36. The van der Waals surface area contributed by atoms with E-state index in [0.29, 0.717) is 0 Å². The van der Waals surface area contributed by atoms with Gasteiger partial charge in [-0.2, -0.15) is 0 Å². The summed E-state index contributed by atoms with van der Waals surface area (Å²) in [5.74, 6) is 0. The fourth-order valence-electron chi connectivity index (χ4n) is 1.19. The summed E-state index contributed by atoms with van der Waals surface area (Å²) in [6.07, 6.45) is 14.9. The number of rotatable bonds is 8. The van der Waals surface area contributed by atoms with Crippen LogP contribution in [0.1, 0.15) is 58.3 Å². The second-order valence-corrected chi connectivity index (χ2v) is 3.32. The smallest absolute Gasteiger partial charge is 0.0351 e. The fraction of sp³-hybridized carbons (Fsp3) is 0.750. The second kappa shape index (κ2) is 10.7. The highest BCUT2D eigenvalue weighted by molar-refractivity contribution is 4.80. The normalized spacial score (nSPS) is 11.2. The lowest BCUT2D eigenvalue weighted by Gasteiger charge is -1.95. The van der Waals surface area contributed by atoms with Gasteiger partial charge in [0.25, 0.3) is 0 Å². The van der Waals surface area contributed by atoms with E-state index in [1.807, 2.05) is 0 Å². The van der Waals surface area contributed by atoms with Gasteiger partial charge in [0.1, 0.15) is 0 Å². The summed E-state index contributed by atoms with van der Waals surface area (Å²) in [5.41, 5.74) is 0. The third-order valence-corrected chi connectivity index (χ3v) is 1.99. The molecule has 1 radical (unpaired) electrons. The zero-order valence-corrected chi connectivity index (χ0v) is 8.52. The molecule has 12 heavy (non-hydrogen) atoms. The molecular formula is C12H23. The molecule has 0 saturated heterocycles. The predicted octanol–water partition coefficient (Wildman–Crippen LogP) is 4.52. The summed E-state index contributed by atoms with van der Waals surface area (Å²) < 4.78 is 0. The van der Waals surface area contributed by atoms with Gasteiger partial charge in [-0.1, -0.05) is 58.1 Å². The first-order chi connectivity index (χ1) is 5.91. The summed E-state index contributed by atoms with van der Waals surface area (Å²) in [7, 11) is 0. The van der Waals surface area contributed by atoms with Crippen molar-refractivity contribution < 1.29 is 0 Å². The Labute approximate surface area is 78.1 Å². The van der Waals surface area contributed by atoms with E-state index in [0.717, 1.165) is 6.42 Å². The molecule has 0 aromatic rings.